The van der Waals surface area contributed by atoms with Gasteiger partial charge in [0.25, 0.3) is 0 Å². The van der Waals surface area contributed by atoms with Crippen LogP contribution in [0.4, 0.5) is 0 Å². The molecule has 1 aromatic heterocycles. The summed E-state index contributed by atoms with van der Waals surface area (Å²) in [7, 11) is 5.20. The first-order valence-electron chi connectivity index (χ1n) is 8.08. The quantitative estimate of drug-likeness (QED) is 0.523. The van der Waals surface area contributed by atoms with Crippen LogP contribution in [0.15, 0.2) is 23.9 Å². The molecule has 0 saturated carbocycles. The van der Waals surface area contributed by atoms with Gasteiger partial charge in [-0.15, -0.1) is 0 Å². The lowest BCUT2D eigenvalue weighted by molar-refractivity contribution is 0.0602. The molecule has 0 radical (unpaired) electrons. The second-order valence-electron chi connectivity index (χ2n) is 6.45. The van der Waals surface area contributed by atoms with Crippen molar-refractivity contribution in [1.29, 1.82) is 0 Å². The Hall–Kier alpha value is -2.56. The lowest BCUT2D eigenvalue weighted by Crippen LogP contribution is -2.09. The highest BCUT2D eigenvalue weighted by Crippen LogP contribution is 2.34. The van der Waals surface area contributed by atoms with Crippen LogP contribution < -0.4 is 0 Å². The van der Waals surface area contributed by atoms with Crippen molar-refractivity contribution in [2.24, 2.45) is 0 Å². The summed E-state index contributed by atoms with van der Waals surface area (Å²) in [5.74, 6) is -0.356. The molecule has 0 bridgehead atoms. The van der Waals surface area contributed by atoms with Gasteiger partial charge in [-0.1, -0.05) is 6.07 Å². The van der Waals surface area contributed by atoms with Gasteiger partial charge in [0.05, 0.1) is 23.9 Å². The Morgan fingerprint density at radius 2 is 2.04 bits per heavy atom. The standard InChI is InChI=1S/C19H22N2O3/c1-11-8-9-14(19(23)24-4)15-13-7-5-6-12(10-21(2)3)18(22)17(13)20-16(11)15/h8-10,20H,5-7H2,1-4H3/b12-10-. The zero-order valence-corrected chi connectivity index (χ0v) is 14.5. The number of Topliss-reactive ketones (excluding diaryl/α,β-unsaturated/α-hetero) is 1. The molecular weight excluding hydrogens is 304 g/mol. The SMILES string of the molecule is COC(=O)c1ccc(C)c2[nH]c3c(c12)CCC/C(=C/N(C)C)C3=O. The molecule has 0 saturated heterocycles. The number of carbonyl (C=O) groups is 2. The van der Waals surface area contributed by atoms with E-state index in [9.17, 15) is 9.59 Å². The topological polar surface area (TPSA) is 62.4 Å². The van der Waals surface area contributed by atoms with Gasteiger partial charge in [-0.25, -0.2) is 4.79 Å². The Labute approximate surface area is 141 Å². The number of hydrogen-bond acceptors (Lipinski definition) is 4. The van der Waals surface area contributed by atoms with Crippen LogP contribution in [-0.4, -0.2) is 42.8 Å². The smallest absolute Gasteiger partial charge is 0.338 e. The monoisotopic (exact) mass is 326 g/mol. The largest absolute Gasteiger partial charge is 0.465 e. The first-order chi connectivity index (χ1) is 11.4. The molecule has 1 aromatic carbocycles. The number of methoxy groups -OCH3 is 1. The maximum absolute atomic E-state index is 13.0. The zero-order valence-electron chi connectivity index (χ0n) is 14.5. The molecule has 2 aromatic rings. The van der Waals surface area contributed by atoms with Crippen molar-refractivity contribution in [3.05, 3.63) is 46.3 Å². The van der Waals surface area contributed by atoms with Crippen molar-refractivity contribution >= 4 is 22.7 Å². The van der Waals surface area contributed by atoms with E-state index in [0.717, 1.165) is 46.9 Å². The molecule has 5 heteroatoms. The number of fused-ring (bicyclic) bond motifs is 3. The third-order valence-electron chi connectivity index (χ3n) is 4.48. The normalized spacial score (nSPS) is 16.2. The van der Waals surface area contributed by atoms with E-state index in [-0.39, 0.29) is 11.8 Å². The maximum Gasteiger partial charge on any atom is 0.338 e. The van der Waals surface area contributed by atoms with E-state index in [1.54, 1.807) is 6.07 Å². The summed E-state index contributed by atoms with van der Waals surface area (Å²) >= 11 is 0. The van der Waals surface area contributed by atoms with Crippen LogP contribution in [0.3, 0.4) is 0 Å². The number of hydrogen-bond donors (Lipinski definition) is 1. The number of benzene rings is 1. The highest BCUT2D eigenvalue weighted by Gasteiger charge is 2.27. The second kappa shape index (κ2) is 6.15. The fourth-order valence-corrected chi connectivity index (χ4v) is 3.40. The van der Waals surface area contributed by atoms with Crippen LogP contribution in [0, 0.1) is 6.92 Å². The molecule has 0 aliphatic heterocycles. The number of nitrogens with one attached hydrogen (secondary N) is 1. The Morgan fingerprint density at radius 3 is 2.71 bits per heavy atom. The predicted octanol–water partition coefficient (Wildman–Crippen LogP) is 3.23. The molecule has 1 aliphatic rings. The number of carbonyl (C=O) groups excluding carboxylic acids is 2. The van der Waals surface area contributed by atoms with E-state index in [0.29, 0.717) is 11.3 Å². The highest BCUT2D eigenvalue weighted by molar-refractivity contribution is 6.15. The van der Waals surface area contributed by atoms with Gasteiger partial charge in [0.1, 0.15) is 0 Å². The number of aromatic nitrogens is 1. The van der Waals surface area contributed by atoms with Crippen LogP contribution in [0.2, 0.25) is 0 Å². The van der Waals surface area contributed by atoms with Crippen molar-refractivity contribution in [3.63, 3.8) is 0 Å². The molecule has 0 fully saturated rings. The van der Waals surface area contributed by atoms with E-state index in [4.69, 9.17) is 4.74 Å². The molecule has 1 heterocycles. The number of allylic oxidation sites excluding steroid dienone is 1. The zero-order chi connectivity index (χ0) is 17.4. The number of ether oxygens (including phenoxy) is 1. The van der Waals surface area contributed by atoms with Crippen LogP contribution in [-0.2, 0) is 11.2 Å². The minimum Gasteiger partial charge on any atom is -0.465 e. The molecule has 24 heavy (non-hydrogen) atoms. The van der Waals surface area contributed by atoms with E-state index < -0.39 is 0 Å². The summed E-state index contributed by atoms with van der Waals surface area (Å²) in [6.07, 6.45) is 4.26. The van der Waals surface area contributed by atoms with Crippen molar-refractivity contribution < 1.29 is 14.3 Å². The predicted molar refractivity (Wildman–Crippen MR) is 93.4 cm³/mol. The van der Waals surface area contributed by atoms with Gasteiger partial charge in [-0.3, -0.25) is 4.79 Å². The number of H-pyrrole nitrogens is 1. The summed E-state index contributed by atoms with van der Waals surface area (Å²) < 4.78 is 4.92. The molecule has 1 aliphatic carbocycles. The van der Waals surface area contributed by atoms with Gasteiger partial charge >= 0.3 is 5.97 Å². The Kier molecular flexibility index (Phi) is 4.18. The molecule has 0 amide bonds. The van der Waals surface area contributed by atoms with Gasteiger partial charge in [0.2, 0.25) is 5.78 Å². The number of aromatic amines is 1. The van der Waals surface area contributed by atoms with Crippen molar-refractivity contribution in [1.82, 2.24) is 9.88 Å². The Bertz CT molecular complexity index is 859. The van der Waals surface area contributed by atoms with E-state index in [1.165, 1.54) is 7.11 Å². The minimum atomic E-state index is -0.373. The lowest BCUT2D eigenvalue weighted by atomic mass is 9.99. The minimum absolute atomic E-state index is 0.0163. The molecule has 1 N–H and O–H groups in total. The van der Waals surface area contributed by atoms with Crippen molar-refractivity contribution in [2.75, 3.05) is 21.2 Å². The number of esters is 1. The molecular formula is C19H22N2O3. The van der Waals surface area contributed by atoms with Gasteiger partial charge in [-0.05, 0) is 43.4 Å². The van der Waals surface area contributed by atoms with Gasteiger partial charge in [0, 0.05) is 31.3 Å². The average Bonchev–Trinajstić information content (AvgIpc) is 2.86. The van der Waals surface area contributed by atoms with Gasteiger partial charge in [0.15, 0.2) is 0 Å². The van der Waals surface area contributed by atoms with Gasteiger partial charge in [-0.2, -0.15) is 0 Å². The summed E-state index contributed by atoms with van der Waals surface area (Å²) in [5.41, 5.74) is 4.71. The Balaban J connectivity index is 2.27. The number of rotatable bonds is 2. The first-order valence-corrected chi connectivity index (χ1v) is 8.08. The summed E-state index contributed by atoms with van der Waals surface area (Å²) in [6.45, 7) is 1.97. The Morgan fingerprint density at radius 1 is 1.29 bits per heavy atom. The lowest BCUT2D eigenvalue weighted by Gasteiger charge is -2.08. The highest BCUT2D eigenvalue weighted by atomic mass is 16.5. The maximum atomic E-state index is 13.0. The third kappa shape index (κ3) is 2.60. The number of nitrogens with zero attached hydrogens (tertiary/aromatic N) is 1. The van der Waals surface area contributed by atoms with Crippen molar-refractivity contribution in [3.8, 4) is 0 Å². The van der Waals surface area contributed by atoms with Gasteiger partial charge < -0.3 is 14.6 Å². The van der Waals surface area contributed by atoms with Crippen LogP contribution in [0.1, 0.15) is 44.8 Å². The third-order valence-corrected chi connectivity index (χ3v) is 4.48. The molecule has 0 spiro atoms. The fourth-order valence-electron chi connectivity index (χ4n) is 3.40. The number of ketones is 1. The summed E-state index contributed by atoms with van der Waals surface area (Å²) in [5, 5.41) is 0.830. The molecule has 126 valence electrons. The van der Waals surface area contributed by atoms with E-state index in [1.807, 2.05) is 38.2 Å². The summed E-state index contributed by atoms with van der Waals surface area (Å²) in [4.78, 5) is 30.3. The van der Waals surface area contributed by atoms with Crippen molar-refractivity contribution in [2.45, 2.75) is 26.2 Å². The van der Waals surface area contributed by atoms with E-state index >= 15 is 0 Å². The fraction of sp³-hybridized carbons (Fsp3) is 0.368. The molecule has 3 rings (SSSR count). The second-order valence-corrected chi connectivity index (χ2v) is 6.45. The van der Waals surface area contributed by atoms with E-state index in [2.05, 4.69) is 4.98 Å². The van der Waals surface area contributed by atoms with Crippen LogP contribution in [0.5, 0.6) is 0 Å². The first kappa shape index (κ1) is 16.3. The summed E-state index contributed by atoms with van der Waals surface area (Å²) in [6, 6.07) is 3.66. The van der Waals surface area contributed by atoms with Crippen LogP contribution in [0.25, 0.3) is 10.9 Å². The van der Waals surface area contributed by atoms with Crippen LogP contribution >= 0.6 is 0 Å². The average molecular weight is 326 g/mol. The number of aryl methyl sites for hydroxylation is 2. The molecule has 0 atom stereocenters. The molecule has 0 unspecified atom stereocenters. The molecule has 5 nitrogen and oxygen atoms in total.